The van der Waals surface area contributed by atoms with E-state index in [4.69, 9.17) is 0 Å². The van der Waals surface area contributed by atoms with Crippen LogP contribution in [0.5, 0.6) is 0 Å². The molecule has 0 N–H and O–H groups in total. The van der Waals surface area contributed by atoms with Crippen LogP contribution in [-0.2, 0) is 29.4 Å². The number of nitrogens with zero attached hydrogens (tertiary/aromatic N) is 1. The SMILES string of the molecule is COC(=O)C(C(=O)OC)C(=O)C(C)(C)n1cccc1. The second kappa shape index (κ2) is 5.69. The molecule has 0 unspecified atom stereocenters. The summed E-state index contributed by atoms with van der Waals surface area (Å²) in [6.07, 6.45) is 3.37. The molecule has 0 radical (unpaired) electrons. The molecule has 0 aliphatic rings. The van der Waals surface area contributed by atoms with E-state index in [-0.39, 0.29) is 0 Å². The molecule has 1 heterocycles. The van der Waals surface area contributed by atoms with Crippen molar-refractivity contribution in [2.45, 2.75) is 19.4 Å². The number of hydrogen-bond acceptors (Lipinski definition) is 5. The van der Waals surface area contributed by atoms with E-state index in [9.17, 15) is 14.4 Å². The van der Waals surface area contributed by atoms with E-state index in [2.05, 4.69) is 9.47 Å². The molecule has 0 saturated carbocycles. The minimum Gasteiger partial charge on any atom is -0.468 e. The molecule has 0 saturated heterocycles. The fraction of sp³-hybridized carbons (Fsp3) is 0.462. The summed E-state index contributed by atoms with van der Waals surface area (Å²) in [7, 11) is 2.24. The number of Topliss-reactive ketones (excluding diaryl/α,β-unsaturated/α-hetero) is 1. The number of carbonyl (C=O) groups is 3. The average molecular weight is 267 g/mol. The Hall–Kier alpha value is -2.11. The topological polar surface area (TPSA) is 74.6 Å². The lowest BCUT2D eigenvalue weighted by Gasteiger charge is -2.27. The second-order valence-corrected chi connectivity index (χ2v) is 4.49. The molecule has 0 aliphatic carbocycles. The van der Waals surface area contributed by atoms with Gasteiger partial charge in [-0.05, 0) is 26.0 Å². The molecule has 1 aromatic rings. The van der Waals surface area contributed by atoms with Crippen LogP contribution in [0.2, 0.25) is 0 Å². The van der Waals surface area contributed by atoms with Crippen LogP contribution in [0.4, 0.5) is 0 Å². The first-order valence-electron chi connectivity index (χ1n) is 5.69. The largest absolute Gasteiger partial charge is 0.468 e. The number of ketones is 1. The highest BCUT2D eigenvalue weighted by molar-refractivity contribution is 6.17. The number of aromatic nitrogens is 1. The smallest absolute Gasteiger partial charge is 0.327 e. The molecule has 0 amide bonds. The lowest BCUT2D eigenvalue weighted by Crippen LogP contribution is -2.46. The standard InChI is InChI=1S/C13H17NO5/c1-13(2,14-7-5-6-8-14)10(15)9(11(16)18-3)12(17)19-4/h5-9H,1-4H3. The third kappa shape index (κ3) is 2.83. The molecule has 0 bridgehead atoms. The molecule has 0 aromatic carbocycles. The first kappa shape index (κ1) is 14.9. The van der Waals surface area contributed by atoms with E-state index in [1.165, 1.54) is 0 Å². The Balaban J connectivity index is 3.13. The average Bonchev–Trinajstić information content (AvgIpc) is 2.92. The lowest BCUT2D eigenvalue weighted by atomic mass is 9.88. The predicted octanol–water partition coefficient (Wildman–Crippen LogP) is 0.754. The maximum Gasteiger partial charge on any atom is 0.327 e. The predicted molar refractivity (Wildman–Crippen MR) is 66.3 cm³/mol. The summed E-state index contributed by atoms with van der Waals surface area (Å²) in [4.78, 5) is 35.7. The molecule has 104 valence electrons. The van der Waals surface area contributed by atoms with E-state index >= 15 is 0 Å². The fourth-order valence-corrected chi connectivity index (χ4v) is 1.73. The summed E-state index contributed by atoms with van der Waals surface area (Å²) in [6.45, 7) is 3.24. The van der Waals surface area contributed by atoms with Crippen LogP contribution in [0.3, 0.4) is 0 Å². The molecule has 0 spiro atoms. The molecule has 0 fully saturated rings. The van der Waals surface area contributed by atoms with Crippen LogP contribution < -0.4 is 0 Å². The van der Waals surface area contributed by atoms with Crippen molar-refractivity contribution in [1.29, 1.82) is 0 Å². The Kier molecular flexibility index (Phi) is 4.47. The number of methoxy groups -OCH3 is 2. The van der Waals surface area contributed by atoms with Crippen molar-refractivity contribution in [1.82, 2.24) is 4.57 Å². The third-order valence-electron chi connectivity index (χ3n) is 2.99. The monoisotopic (exact) mass is 267 g/mol. The summed E-state index contributed by atoms with van der Waals surface area (Å²) in [5, 5.41) is 0. The van der Waals surface area contributed by atoms with E-state index < -0.39 is 29.2 Å². The van der Waals surface area contributed by atoms with Crippen molar-refractivity contribution < 1.29 is 23.9 Å². The van der Waals surface area contributed by atoms with Gasteiger partial charge in [-0.3, -0.25) is 14.4 Å². The highest BCUT2D eigenvalue weighted by atomic mass is 16.5. The van der Waals surface area contributed by atoms with Gasteiger partial charge in [-0.15, -0.1) is 0 Å². The van der Waals surface area contributed by atoms with Crippen molar-refractivity contribution >= 4 is 17.7 Å². The van der Waals surface area contributed by atoms with E-state index in [1.54, 1.807) is 42.9 Å². The van der Waals surface area contributed by atoms with E-state index in [0.717, 1.165) is 14.2 Å². The van der Waals surface area contributed by atoms with Crippen LogP contribution in [0.1, 0.15) is 13.8 Å². The fourth-order valence-electron chi connectivity index (χ4n) is 1.73. The van der Waals surface area contributed by atoms with Gasteiger partial charge in [0.25, 0.3) is 0 Å². The van der Waals surface area contributed by atoms with Crippen LogP contribution in [0.15, 0.2) is 24.5 Å². The molecule has 1 rings (SSSR count). The van der Waals surface area contributed by atoms with Gasteiger partial charge >= 0.3 is 11.9 Å². The van der Waals surface area contributed by atoms with Gasteiger partial charge in [-0.2, -0.15) is 0 Å². The van der Waals surface area contributed by atoms with Crippen molar-refractivity contribution in [3.05, 3.63) is 24.5 Å². The first-order valence-corrected chi connectivity index (χ1v) is 5.69. The molecule has 6 heteroatoms. The number of rotatable bonds is 5. The van der Waals surface area contributed by atoms with Crippen LogP contribution in [0, 0.1) is 5.92 Å². The molecule has 6 nitrogen and oxygen atoms in total. The van der Waals surface area contributed by atoms with Gasteiger partial charge in [0.1, 0.15) is 0 Å². The molecule has 19 heavy (non-hydrogen) atoms. The van der Waals surface area contributed by atoms with Gasteiger partial charge in [-0.25, -0.2) is 0 Å². The summed E-state index contributed by atoms with van der Waals surface area (Å²) in [6, 6.07) is 3.50. The zero-order valence-corrected chi connectivity index (χ0v) is 11.4. The summed E-state index contributed by atoms with van der Waals surface area (Å²) in [5.41, 5.74) is -1.06. The molecular formula is C13H17NO5. The highest BCUT2D eigenvalue weighted by Gasteiger charge is 2.44. The summed E-state index contributed by atoms with van der Waals surface area (Å²) >= 11 is 0. The maximum atomic E-state index is 12.4. The van der Waals surface area contributed by atoms with E-state index in [1.807, 2.05) is 0 Å². The Labute approximate surface area is 111 Å². The Bertz CT molecular complexity index is 459. The van der Waals surface area contributed by atoms with Gasteiger partial charge in [-0.1, -0.05) is 0 Å². The molecule has 0 atom stereocenters. The zero-order valence-electron chi connectivity index (χ0n) is 11.4. The Morgan fingerprint density at radius 1 is 1.00 bits per heavy atom. The highest BCUT2D eigenvalue weighted by Crippen LogP contribution is 2.22. The van der Waals surface area contributed by atoms with Gasteiger partial charge < -0.3 is 14.0 Å². The summed E-state index contributed by atoms with van der Waals surface area (Å²) < 4.78 is 10.6. The van der Waals surface area contributed by atoms with Gasteiger partial charge in [0, 0.05) is 12.4 Å². The van der Waals surface area contributed by atoms with E-state index in [0.29, 0.717) is 0 Å². The maximum absolute atomic E-state index is 12.4. The number of carbonyl (C=O) groups excluding carboxylic acids is 3. The van der Waals surface area contributed by atoms with Crippen molar-refractivity contribution in [2.75, 3.05) is 14.2 Å². The quantitative estimate of drug-likeness (QED) is 0.581. The van der Waals surface area contributed by atoms with Gasteiger partial charge in [0.05, 0.1) is 19.8 Å². The Morgan fingerprint density at radius 2 is 1.42 bits per heavy atom. The zero-order chi connectivity index (χ0) is 14.6. The van der Waals surface area contributed by atoms with Crippen molar-refractivity contribution in [2.24, 2.45) is 5.92 Å². The molecule has 0 aliphatic heterocycles. The number of hydrogen-bond donors (Lipinski definition) is 0. The van der Waals surface area contributed by atoms with Gasteiger partial charge in [0.15, 0.2) is 5.78 Å². The minimum atomic E-state index is -1.58. The second-order valence-electron chi connectivity index (χ2n) is 4.49. The van der Waals surface area contributed by atoms with Crippen molar-refractivity contribution in [3.8, 4) is 0 Å². The summed E-state index contributed by atoms with van der Waals surface area (Å²) in [5.74, 6) is -4.00. The molecular weight excluding hydrogens is 250 g/mol. The van der Waals surface area contributed by atoms with Crippen molar-refractivity contribution in [3.63, 3.8) is 0 Å². The van der Waals surface area contributed by atoms with Gasteiger partial charge in [0.2, 0.25) is 5.92 Å². The van der Waals surface area contributed by atoms with Crippen LogP contribution in [0.25, 0.3) is 0 Å². The Morgan fingerprint density at radius 3 is 1.79 bits per heavy atom. The first-order chi connectivity index (χ1) is 8.86. The normalized spacial score (nSPS) is 11.2. The minimum absolute atomic E-state index is 0.581. The van der Waals surface area contributed by atoms with Crippen LogP contribution >= 0.6 is 0 Å². The lowest BCUT2D eigenvalue weighted by molar-refractivity contribution is -0.163. The van der Waals surface area contributed by atoms with Crippen LogP contribution in [-0.4, -0.2) is 36.5 Å². The number of esters is 2. The number of ether oxygens (including phenoxy) is 2. The third-order valence-corrected chi connectivity index (χ3v) is 2.99. The molecule has 1 aromatic heterocycles.